The quantitative estimate of drug-likeness (QED) is 0.774. The predicted molar refractivity (Wildman–Crippen MR) is 58.5 cm³/mol. The van der Waals surface area contributed by atoms with Crippen molar-refractivity contribution < 1.29 is 14.9 Å². The molecule has 0 bridgehead atoms. The summed E-state index contributed by atoms with van der Waals surface area (Å²) in [5.74, 6) is 0. The van der Waals surface area contributed by atoms with Gasteiger partial charge in [0.05, 0.1) is 12.2 Å². The number of aliphatic hydroxyl groups excluding tert-OH is 2. The van der Waals surface area contributed by atoms with Crippen LogP contribution in [-0.4, -0.2) is 29.5 Å². The molecule has 1 aromatic carbocycles. The first-order valence-electron chi connectivity index (χ1n) is 5.09. The lowest BCUT2D eigenvalue weighted by molar-refractivity contribution is -0.0368. The first-order chi connectivity index (χ1) is 7.15. The third-order valence-electron chi connectivity index (χ3n) is 2.37. The minimum absolute atomic E-state index is 0.368. The molecule has 0 amide bonds. The second-order valence-corrected chi connectivity index (χ2v) is 3.71. The van der Waals surface area contributed by atoms with Crippen molar-refractivity contribution in [1.29, 1.82) is 0 Å². The average Bonchev–Trinajstić information content (AvgIpc) is 2.26. The van der Waals surface area contributed by atoms with Gasteiger partial charge in [0.25, 0.3) is 0 Å². The summed E-state index contributed by atoms with van der Waals surface area (Å²) in [6.45, 7) is 1.68. The Morgan fingerprint density at radius 1 is 1.20 bits per heavy atom. The second-order valence-electron chi connectivity index (χ2n) is 3.71. The van der Waals surface area contributed by atoms with E-state index in [2.05, 4.69) is 0 Å². The summed E-state index contributed by atoms with van der Waals surface area (Å²) in [6.07, 6.45) is -1.11. The van der Waals surface area contributed by atoms with Gasteiger partial charge in [-0.2, -0.15) is 0 Å². The lowest BCUT2D eigenvalue weighted by Gasteiger charge is -2.23. The van der Waals surface area contributed by atoms with Gasteiger partial charge < -0.3 is 14.9 Å². The van der Waals surface area contributed by atoms with Crippen LogP contribution in [0.4, 0.5) is 0 Å². The van der Waals surface area contributed by atoms with Crippen molar-refractivity contribution in [3.8, 4) is 0 Å². The Hall–Kier alpha value is -0.900. The van der Waals surface area contributed by atoms with E-state index in [0.29, 0.717) is 6.42 Å². The van der Waals surface area contributed by atoms with E-state index in [1.165, 1.54) is 0 Å². The van der Waals surface area contributed by atoms with E-state index in [-0.39, 0.29) is 6.10 Å². The van der Waals surface area contributed by atoms with Crippen LogP contribution in [0.1, 0.15) is 25.0 Å². The average molecular weight is 210 g/mol. The molecule has 0 aliphatic carbocycles. The van der Waals surface area contributed by atoms with Crippen molar-refractivity contribution in [2.45, 2.75) is 31.7 Å². The molecule has 0 aliphatic rings. The Kier molecular flexibility index (Phi) is 4.75. The van der Waals surface area contributed by atoms with E-state index in [9.17, 15) is 10.2 Å². The highest BCUT2D eigenvalue weighted by Gasteiger charge is 2.21. The first kappa shape index (κ1) is 12.2. The van der Waals surface area contributed by atoms with Crippen molar-refractivity contribution in [3.05, 3.63) is 35.9 Å². The minimum Gasteiger partial charge on any atom is -0.393 e. The molecule has 3 unspecified atom stereocenters. The molecule has 15 heavy (non-hydrogen) atoms. The van der Waals surface area contributed by atoms with Gasteiger partial charge in [-0.25, -0.2) is 0 Å². The molecule has 3 heteroatoms. The Balaban J connectivity index is 2.69. The molecule has 1 aromatic rings. The van der Waals surface area contributed by atoms with E-state index in [1.54, 1.807) is 14.0 Å². The van der Waals surface area contributed by atoms with E-state index >= 15 is 0 Å². The summed E-state index contributed by atoms with van der Waals surface area (Å²) in [7, 11) is 1.54. The van der Waals surface area contributed by atoms with Crippen molar-refractivity contribution >= 4 is 0 Å². The monoisotopic (exact) mass is 210 g/mol. The maximum atomic E-state index is 9.99. The summed E-state index contributed by atoms with van der Waals surface area (Å²) in [5, 5.41) is 19.3. The SMILES string of the molecule is COC(CC(C)O)C(O)c1ccccc1. The summed E-state index contributed by atoms with van der Waals surface area (Å²) in [5.41, 5.74) is 0.810. The van der Waals surface area contributed by atoms with Crippen LogP contribution in [0.25, 0.3) is 0 Å². The number of hydrogen-bond donors (Lipinski definition) is 2. The zero-order valence-electron chi connectivity index (χ0n) is 9.13. The number of benzene rings is 1. The summed E-state index contributed by atoms with van der Waals surface area (Å²) in [4.78, 5) is 0. The number of aliphatic hydroxyl groups is 2. The third-order valence-corrected chi connectivity index (χ3v) is 2.37. The van der Waals surface area contributed by atoms with E-state index < -0.39 is 12.2 Å². The zero-order valence-corrected chi connectivity index (χ0v) is 9.13. The second kappa shape index (κ2) is 5.85. The highest BCUT2D eigenvalue weighted by molar-refractivity contribution is 5.18. The van der Waals surface area contributed by atoms with Gasteiger partial charge in [-0.05, 0) is 12.5 Å². The van der Waals surface area contributed by atoms with Crippen molar-refractivity contribution in [2.24, 2.45) is 0 Å². The molecular formula is C12H18O3. The predicted octanol–water partition coefficient (Wildman–Crippen LogP) is 1.51. The Labute approximate surface area is 90.3 Å². The van der Waals surface area contributed by atoms with Crippen LogP contribution in [0, 0.1) is 0 Å². The molecule has 0 fully saturated rings. The van der Waals surface area contributed by atoms with Crippen LogP contribution in [0.2, 0.25) is 0 Å². The number of rotatable bonds is 5. The third kappa shape index (κ3) is 3.63. The van der Waals surface area contributed by atoms with Crippen LogP contribution in [-0.2, 0) is 4.74 Å². The van der Waals surface area contributed by atoms with Crippen LogP contribution in [0.5, 0.6) is 0 Å². The molecule has 84 valence electrons. The van der Waals surface area contributed by atoms with Gasteiger partial charge in [0, 0.05) is 13.5 Å². The summed E-state index contributed by atoms with van der Waals surface area (Å²) < 4.78 is 5.17. The van der Waals surface area contributed by atoms with Crippen molar-refractivity contribution in [1.82, 2.24) is 0 Å². The van der Waals surface area contributed by atoms with Gasteiger partial charge in [0.15, 0.2) is 0 Å². The van der Waals surface area contributed by atoms with E-state index in [4.69, 9.17) is 4.74 Å². The number of ether oxygens (including phenoxy) is 1. The molecule has 0 spiro atoms. The van der Waals surface area contributed by atoms with Crippen LogP contribution >= 0.6 is 0 Å². The molecule has 0 aliphatic heterocycles. The molecule has 0 heterocycles. The van der Waals surface area contributed by atoms with Gasteiger partial charge in [0.2, 0.25) is 0 Å². The molecule has 2 N–H and O–H groups in total. The fraction of sp³-hybridized carbons (Fsp3) is 0.500. The normalized spacial score (nSPS) is 17.1. The lowest BCUT2D eigenvalue weighted by atomic mass is 10.0. The highest BCUT2D eigenvalue weighted by Crippen LogP contribution is 2.21. The van der Waals surface area contributed by atoms with Gasteiger partial charge in [-0.15, -0.1) is 0 Å². The van der Waals surface area contributed by atoms with Crippen molar-refractivity contribution in [2.75, 3.05) is 7.11 Å². The molecule has 0 aromatic heterocycles. The molecule has 3 nitrogen and oxygen atoms in total. The molecular weight excluding hydrogens is 192 g/mol. The van der Waals surface area contributed by atoms with E-state index in [1.807, 2.05) is 30.3 Å². The van der Waals surface area contributed by atoms with Crippen LogP contribution in [0.3, 0.4) is 0 Å². The Morgan fingerprint density at radius 3 is 2.27 bits per heavy atom. The maximum Gasteiger partial charge on any atom is 0.105 e. The van der Waals surface area contributed by atoms with Crippen molar-refractivity contribution in [3.63, 3.8) is 0 Å². The summed E-state index contributed by atoms with van der Waals surface area (Å²) in [6, 6.07) is 9.32. The number of hydrogen-bond acceptors (Lipinski definition) is 3. The highest BCUT2D eigenvalue weighted by atomic mass is 16.5. The van der Waals surface area contributed by atoms with Gasteiger partial charge in [-0.3, -0.25) is 0 Å². The fourth-order valence-corrected chi connectivity index (χ4v) is 1.56. The van der Waals surface area contributed by atoms with Crippen LogP contribution in [0.15, 0.2) is 30.3 Å². The largest absolute Gasteiger partial charge is 0.393 e. The van der Waals surface area contributed by atoms with Gasteiger partial charge in [-0.1, -0.05) is 30.3 Å². The van der Waals surface area contributed by atoms with Crippen LogP contribution < -0.4 is 0 Å². The molecule has 3 atom stereocenters. The summed E-state index contributed by atoms with van der Waals surface area (Å²) >= 11 is 0. The zero-order chi connectivity index (χ0) is 11.3. The molecule has 0 radical (unpaired) electrons. The standard InChI is InChI=1S/C12H18O3/c1-9(13)8-11(15-2)12(14)10-6-4-3-5-7-10/h3-7,9,11-14H,8H2,1-2H3. The molecule has 0 saturated heterocycles. The lowest BCUT2D eigenvalue weighted by Crippen LogP contribution is -2.25. The molecule has 0 saturated carbocycles. The number of methoxy groups -OCH3 is 1. The Bertz CT molecular complexity index is 271. The van der Waals surface area contributed by atoms with E-state index in [0.717, 1.165) is 5.56 Å². The van der Waals surface area contributed by atoms with Gasteiger partial charge in [0.1, 0.15) is 6.10 Å². The minimum atomic E-state index is -0.689. The van der Waals surface area contributed by atoms with Gasteiger partial charge >= 0.3 is 0 Å². The Morgan fingerprint density at radius 2 is 1.80 bits per heavy atom. The topological polar surface area (TPSA) is 49.7 Å². The fourth-order valence-electron chi connectivity index (χ4n) is 1.56. The maximum absolute atomic E-state index is 9.99. The molecule has 1 rings (SSSR count). The first-order valence-corrected chi connectivity index (χ1v) is 5.09. The smallest absolute Gasteiger partial charge is 0.105 e.